The van der Waals surface area contributed by atoms with Crippen LogP contribution in [0.2, 0.25) is 0 Å². The molecule has 0 aromatic heterocycles. The fourth-order valence-electron chi connectivity index (χ4n) is 5.05. The number of hydrogen-bond donors (Lipinski definition) is 1. The highest BCUT2D eigenvalue weighted by atomic mass is 16.4. The molecule has 130 valence electrons. The Bertz CT molecular complexity index is 871. The summed E-state index contributed by atoms with van der Waals surface area (Å²) in [5, 5.41) is 10.0. The minimum absolute atomic E-state index is 0.00230. The number of fused-ring (bicyclic) bond motifs is 3. The number of aliphatic carboxylic acids is 1. The number of carbonyl (C=O) groups excluding carboxylic acids is 3. The SMILES string of the molecule is CN1C(=O)C2c3c1cccc3[C@]1(C(=O)O)CC(=O)C[C@@H](C1=O)C2(C)C. The van der Waals surface area contributed by atoms with E-state index in [0.29, 0.717) is 16.8 Å². The molecule has 3 atom stereocenters. The molecule has 4 rings (SSSR count). The highest BCUT2D eigenvalue weighted by molar-refractivity contribution is 6.19. The summed E-state index contributed by atoms with van der Waals surface area (Å²) in [5.41, 5.74) is -1.17. The van der Waals surface area contributed by atoms with Crippen LogP contribution in [-0.4, -0.2) is 35.6 Å². The van der Waals surface area contributed by atoms with Gasteiger partial charge < -0.3 is 10.0 Å². The van der Waals surface area contributed by atoms with Gasteiger partial charge in [0.1, 0.15) is 5.78 Å². The minimum atomic E-state index is -1.89. The van der Waals surface area contributed by atoms with Gasteiger partial charge in [-0.2, -0.15) is 0 Å². The van der Waals surface area contributed by atoms with Gasteiger partial charge in [0.05, 0.1) is 5.92 Å². The van der Waals surface area contributed by atoms with Crippen LogP contribution in [0.1, 0.15) is 43.7 Å². The van der Waals surface area contributed by atoms with Crippen LogP contribution in [0.5, 0.6) is 0 Å². The van der Waals surface area contributed by atoms with Gasteiger partial charge in [-0.05, 0) is 22.6 Å². The van der Waals surface area contributed by atoms with E-state index in [1.165, 1.54) is 4.90 Å². The van der Waals surface area contributed by atoms with Crippen LogP contribution < -0.4 is 4.90 Å². The quantitative estimate of drug-likeness (QED) is 0.784. The van der Waals surface area contributed by atoms with Gasteiger partial charge in [0.15, 0.2) is 11.2 Å². The van der Waals surface area contributed by atoms with Crippen LogP contribution in [0.4, 0.5) is 5.69 Å². The molecular formula is C19H19NO5. The number of anilines is 1. The van der Waals surface area contributed by atoms with Crippen molar-refractivity contribution in [2.24, 2.45) is 11.3 Å². The monoisotopic (exact) mass is 341 g/mol. The van der Waals surface area contributed by atoms with E-state index in [-0.39, 0.29) is 24.5 Å². The van der Waals surface area contributed by atoms with Crippen molar-refractivity contribution in [3.05, 3.63) is 29.3 Å². The molecule has 0 spiro atoms. The highest BCUT2D eigenvalue weighted by Gasteiger charge is 2.65. The third kappa shape index (κ3) is 1.64. The van der Waals surface area contributed by atoms with Gasteiger partial charge in [-0.3, -0.25) is 19.2 Å². The zero-order chi connectivity index (χ0) is 18.3. The van der Waals surface area contributed by atoms with Gasteiger partial charge in [0, 0.05) is 31.5 Å². The molecule has 1 aromatic rings. The van der Waals surface area contributed by atoms with E-state index < -0.39 is 34.4 Å². The number of carboxylic acids is 1. The van der Waals surface area contributed by atoms with E-state index in [1.807, 2.05) is 0 Å². The van der Waals surface area contributed by atoms with E-state index in [4.69, 9.17) is 0 Å². The largest absolute Gasteiger partial charge is 0.480 e. The summed E-state index contributed by atoms with van der Waals surface area (Å²) in [5.74, 6) is -3.54. The first-order valence-electron chi connectivity index (χ1n) is 8.34. The maximum absolute atomic E-state index is 13.3. The predicted molar refractivity (Wildman–Crippen MR) is 88.4 cm³/mol. The predicted octanol–water partition coefficient (Wildman–Crippen LogP) is 1.66. The topological polar surface area (TPSA) is 91.8 Å². The second kappa shape index (κ2) is 4.56. The van der Waals surface area contributed by atoms with Crippen molar-refractivity contribution < 1.29 is 24.3 Å². The summed E-state index contributed by atoms with van der Waals surface area (Å²) in [7, 11) is 1.67. The van der Waals surface area contributed by atoms with Crippen LogP contribution in [0, 0.1) is 11.3 Å². The van der Waals surface area contributed by atoms with Crippen LogP contribution >= 0.6 is 0 Å². The lowest BCUT2D eigenvalue weighted by Crippen LogP contribution is -2.54. The molecule has 6 nitrogen and oxygen atoms in total. The molecule has 3 aliphatic rings. The Morgan fingerprint density at radius 2 is 1.92 bits per heavy atom. The summed E-state index contributed by atoms with van der Waals surface area (Å²) in [6, 6.07) is 5.02. The molecule has 1 unspecified atom stereocenters. The third-order valence-corrected chi connectivity index (χ3v) is 6.41. The van der Waals surface area contributed by atoms with Crippen molar-refractivity contribution in [1.82, 2.24) is 0 Å². The summed E-state index contributed by atoms with van der Waals surface area (Å²) < 4.78 is 0. The molecule has 1 N–H and O–H groups in total. The zero-order valence-electron chi connectivity index (χ0n) is 14.3. The Balaban J connectivity index is 2.17. The van der Waals surface area contributed by atoms with E-state index in [1.54, 1.807) is 39.1 Å². The Labute approximate surface area is 144 Å². The normalized spacial score (nSPS) is 32.4. The summed E-state index contributed by atoms with van der Waals surface area (Å²) in [6.45, 7) is 3.60. The Morgan fingerprint density at radius 1 is 1.24 bits per heavy atom. The number of nitrogens with zero attached hydrogens (tertiary/aromatic N) is 1. The molecule has 0 radical (unpaired) electrons. The van der Waals surface area contributed by atoms with Gasteiger partial charge in [0.25, 0.3) is 0 Å². The minimum Gasteiger partial charge on any atom is -0.480 e. The van der Waals surface area contributed by atoms with Crippen molar-refractivity contribution in [2.75, 3.05) is 11.9 Å². The van der Waals surface area contributed by atoms with E-state index in [0.717, 1.165) is 0 Å². The van der Waals surface area contributed by atoms with Crippen LogP contribution in [-0.2, 0) is 24.6 Å². The molecule has 6 heteroatoms. The average molecular weight is 341 g/mol. The van der Waals surface area contributed by atoms with E-state index in [9.17, 15) is 24.3 Å². The molecule has 1 saturated carbocycles. The number of rotatable bonds is 1. The molecule has 1 fully saturated rings. The third-order valence-electron chi connectivity index (χ3n) is 6.41. The Morgan fingerprint density at radius 3 is 2.56 bits per heavy atom. The van der Waals surface area contributed by atoms with Gasteiger partial charge in [-0.15, -0.1) is 0 Å². The highest BCUT2D eigenvalue weighted by Crippen LogP contribution is 2.59. The van der Waals surface area contributed by atoms with Crippen LogP contribution in [0.25, 0.3) is 0 Å². The van der Waals surface area contributed by atoms with Gasteiger partial charge in [-0.1, -0.05) is 26.0 Å². The molecule has 25 heavy (non-hydrogen) atoms. The Hall–Kier alpha value is -2.50. The van der Waals surface area contributed by atoms with Crippen LogP contribution in [0.3, 0.4) is 0 Å². The summed E-state index contributed by atoms with van der Waals surface area (Å²) in [4.78, 5) is 52.6. The number of ketones is 2. The van der Waals surface area contributed by atoms with Crippen molar-refractivity contribution >= 4 is 29.1 Å². The number of Topliss-reactive ketones (excluding diaryl/α,β-unsaturated/α-hetero) is 2. The van der Waals surface area contributed by atoms with Gasteiger partial charge in [-0.25, -0.2) is 0 Å². The molecular weight excluding hydrogens is 322 g/mol. The lowest BCUT2D eigenvalue weighted by atomic mass is 9.59. The first-order chi connectivity index (χ1) is 11.6. The van der Waals surface area contributed by atoms with Crippen molar-refractivity contribution in [2.45, 2.75) is 38.0 Å². The van der Waals surface area contributed by atoms with Gasteiger partial charge in [0.2, 0.25) is 5.91 Å². The first-order valence-corrected chi connectivity index (χ1v) is 8.34. The van der Waals surface area contributed by atoms with Crippen molar-refractivity contribution in [1.29, 1.82) is 0 Å². The number of amides is 1. The molecule has 2 bridgehead atoms. The first kappa shape index (κ1) is 16.0. The summed E-state index contributed by atoms with van der Waals surface area (Å²) in [6.07, 6.45) is -0.341. The number of hydrogen-bond acceptors (Lipinski definition) is 4. The number of likely N-dealkylation sites (N-methyl/N-ethyl adjacent to an activating group) is 1. The second-order valence-electron chi connectivity index (χ2n) is 7.94. The fourth-order valence-corrected chi connectivity index (χ4v) is 5.05. The van der Waals surface area contributed by atoms with E-state index >= 15 is 0 Å². The second-order valence-corrected chi connectivity index (χ2v) is 7.94. The van der Waals surface area contributed by atoms with E-state index in [2.05, 4.69) is 0 Å². The molecule has 2 aliphatic carbocycles. The van der Waals surface area contributed by atoms with Crippen LogP contribution in [0.15, 0.2) is 18.2 Å². The fraction of sp³-hybridized carbons (Fsp3) is 0.474. The maximum atomic E-state index is 13.3. The number of benzene rings is 1. The lowest BCUT2D eigenvalue weighted by Gasteiger charge is -2.41. The number of carboxylic acid groups (broad SMARTS) is 1. The molecule has 1 heterocycles. The standard InChI is InChI=1S/C19H19NO5/c1-18(2)11-7-9(21)8-19(15(11)22,17(24)25)10-5-4-6-12-13(10)14(18)16(23)20(12)3/h4-6,11,14H,7-8H2,1-3H3,(H,24,25)/t11-,14?,19+/m0/s1. The van der Waals surface area contributed by atoms with Crippen molar-refractivity contribution in [3.8, 4) is 0 Å². The molecule has 1 aliphatic heterocycles. The lowest BCUT2D eigenvalue weighted by molar-refractivity contribution is -0.157. The Kier molecular flexibility index (Phi) is 2.92. The number of carbonyl (C=O) groups is 4. The smallest absolute Gasteiger partial charge is 0.322 e. The van der Waals surface area contributed by atoms with Crippen molar-refractivity contribution in [3.63, 3.8) is 0 Å². The summed E-state index contributed by atoms with van der Waals surface area (Å²) >= 11 is 0. The molecule has 1 aromatic carbocycles. The zero-order valence-corrected chi connectivity index (χ0v) is 14.3. The van der Waals surface area contributed by atoms with Gasteiger partial charge >= 0.3 is 5.97 Å². The molecule has 0 saturated heterocycles. The average Bonchev–Trinajstić information content (AvgIpc) is 2.79. The maximum Gasteiger partial charge on any atom is 0.322 e. The molecule has 1 amide bonds.